The number of aryl methyl sites for hydroxylation is 2. The second-order valence-corrected chi connectivity index (χ2v) is 12.8. The van der Waals surface area contributed by atoms with Crippen LogP contribution in [0.4, 0.5) is 56.6 Å². The van der Waals surface area contributed by atoms with Gasteiger partial charge in [0.25, 0.3) is 0 Å². The first-order chi connectivity index (χ1) is 23.1. The van der Waals surface area contributed by atoms with Gasteiger partial charge in [0, 0.05) is 42.9 Å². The molecule has 0 spiro atoms. The predicted octanol–water partition coefficient (Wildman–Crippen LogP) is 9.86. The molecule has 0 saturated carbocycles. The van der Waals surface area contributed by atoms with Crippen LogP contribution in [0.25, 0.3) is 11.1 Å². The molecular weight excluding hydrogens is 661 g/mol. The number of nitrogens with one attached hydrogen (secondary N) is 1. The maximum atomic E-state index is 14.7. The van der Waals surface area contributed by atoms with Gasteiger partial charge < -0.3 is 14.8 Å². The summed E-state index contributed by atoms with van der Waals surface area (Å²) in [5.74, 6) is -0.108. The maximum absolute atomic E-state index is 14.7. The lowest BCUT2D eigenvalue weighted by atomic mass is 9.88. The summed E-state index contributed by atoms with van der Waals surface area (Å²) in [4.78, 5) is 2.29. The largest absolute Gasteiger partial charge is 0.627 e. The zero-order chi connectivity index (χ0) is 34.9. The lowest BCUT2D eigenvalue weighted by Gasteiger charge is -2.50. The van der Waals surface area contributed by atoms with Gasteiger partial charge in [0.1, 0.15) is 11.7 Å². The van der Waals surface area contributed by atoms with Crippen molar-refractivity contribution in [3.8, 4) is 11.1 Å². The first kappa shape index (κ1) is 33.4. The van der Waals surface area contributed by atoms with E-state index in [2.05, 4.69) is 34.5 Å². The normalized spacial score (nSPS) is 24.2. The number of rotatable bonds is 3. The topological polar surface area (TPSA) is 38.3 Å². The highest BCUT2D eigenvalue weighted by Crippen LogP contribution is 2.50. The summed E-state index contributed by atoms with van der Waals surface area (Å²) in [6.45, 7) is 0.736. The summed E-state index contributed by atoms with van der Waals surface area (Å²) in [5.41, 5.74) is -3.77. The van der Waals surface area contributed by atoms with Gasteiger partial charge >= 0.3 is 18.5 Å². The summed E-state index contributed by atoms with van der Waals surface area (Å²) in [5, 5.41) is 18.4. The van der Waals surface area contributed by atoms with E-state index in [9.17, 15) is 44.7 Å². The molecule has 258 valence electrons. The van der Waals surface area contributed by atoms with Crippen molar-refractivity contribution in [2.75, 3.05) is 18.0 Å². The van der Waals surface area contributed by atoms with Gasteiger partial charge in [-0.15, -0.1) is 0 Å². The molecule has 7 rings (SSSR count). The second kappa shape index (κ2) is 11.8. The highest BCUT2D eigenvalue weighted by Gasteiger charge is 2.52. The van der Waals surface area contributed by atoms with Crippen LogP contribution in [0.15, 0.2) is 84.9 Å². The molecule has 3 heterocycles. The molecule has 13 heteroatoms. The summed E-state index contributed by atoms with van der Waals surface area (Å²) in [7, 11) is 0. The minimum Gasteiger partial charge on any atom is -0.627 e. The van der Waals surface area contributed by atoms with Crippen LogP contribution in [0.2, 0.25) is 0 Å². The third kappa shape index (κ3) is 5.85. The number of alkyl halides is 9. The Morgan fingerprint density at radius 1 is 0.653 bits per heavy atom. The van der Waals surface area contributed by atoms with Crippen LogP contribution in [-0.2, 0) is 31.4 Å². The minimum absolute atomic E-state index is 0.0781. The molecule has 3 aliphatic rings. The number of piperidine rings is 1. The molecule has 4 aromatic rings. The van der Waals surface area contributed by atoms with Crippen LogP contribution in [-0.4, -0.2) is 25.3 Å². The van der Waals surface area contributed by atoms with Crippen LogP contribution in [0, 0.1) is 11.1 Å². The first-order valence-corrected chi connectivity index (χ1v) is 15.9. The fraction of sp³-hybridized carbons (Fsp3) is 0.333. The van der Waals surface area contributed by atoms with E-state index >= 15 is 0 Å². The molecule has 4 nitrogen and oxygen atoms in total. The summed E-state index contributed by atoms with van der Waals surface area (Å²) in [6, 6.07) is 21.2. The number of nitrogens with zero attached hydrogens (tertiary/aromatic N) is 2. The molecule has 0 radical (unpaired) electrons. The predicted molar refractivity (Wildman–Crippen MR) is 168 cm³/mol. The molecule has 0 aliphatic carbocycles. The molecule has 2 fully saturated rings. The molecule has 2 saturated heterocycles. The molecule has 4 atom stereocenters. The van der Waals surface area contributed by atoms with E-state index in [1.165, 1.54) is 35.4 Å². The standard InChI is InChI=1S/C36H30F9N3O/c37-34(38,39)27-19-24(20-28(35(40,41)42)32(27)36(43,44)45)21-11-13-25(14-12-21)48(49)18-16-26-31(48)15-17-46-33(26)47-29-7-3-1-5-22(29)9-10-23-6-2-4-8-30(23)47/h1-8,11-14,19-20,26,31,33,46H,9-10,15-18H2. The van der Waals surface area contributed by atoms with Gasteiger partial charge in [0.05, 0.1) is 35.3 Å². The summed E-state index contributed by atoms with van der Waals surface area (Å²) in [6.07, 6.45) is -14.8. The molecule has 0 aromatic heterocycles. The highest BCUT2D eigenvalue weighted by molar-refractivity contribution is 5.73. The Hall–Kier alpha value is -4.07. The molecule has 49 heavy (non-hydrogen) atoms. The molecule has 0 bridgehead atoms. The van der Waals surface area contributed by atoms with Crippen molar-refractivity contribution in [2.45, 2.75) is 56.4 Å². The quantitative estimate of drug-likeness (QED) is 0.132. The van der Waals surface area contributed by atoms with E-state index in [1.807, 2.05) is 24.3 Å². The number of hydroxylamine groups is 2. The Kier molecular flexibility index (Phi) is 8.03. The Bertz CT molecular complexity index is 1790. The van der Waals surface area contributed by atoms with Crippen LogP contribution < -0.4 is 14.9 Å². The first-order valence-electron chi connectivity index (χ1n) is 15.9. The maximum Gasteiger partial charge on any atom is 0.417 e. The fourth-order valence-electron chi connectivity index (χ4n) is 8.01. The van der Waals surface area contributed by atoms with Crippen LogP contribution >= 0.6 is 0 Å². The van der Waals surface area contributed by atoms with Gasteiger partial charge in [-0.25, -0.2) is 0 Å². The number of benzene rings is 4. The fourth-order valence-corrected chi connectivity index (χ4v) is 8.01. The van der Waals surface area contributed by atoms with Crippen molar-refractivity contribution >= 4 is 17.1 Å². The van der Waals surface area contributed by atoms with E-state index in [-0.39, 0.29) is 42.0 Å². The molecular formula is C36H30F9N3O. The van der Waals surface area contributed by atoms with E-state index in [4.69, 9.17) is 0 Å². The Morgan fingerprint density at radius 3 is 1.69 bits per heavy atom. The number of halogens is 9. The van der Waals surface area contributed by atoms with Gasteiger partial charge in [0.15, 0.2) is 0 Å². The highest BCUT2D eigenvalue weighted by atomic mass is 19.4. The van der Waals surface area contributed by atoms with Crippen molar-refractivity contribution in [1.82, 2.24) is 9.96 Å². The van der Waals surface area contributed by atoms with Crippen molar-refractivity contribution in [3.63, 3.8) is 0 Å². The monoisotopic (exact) mass is 691 g/mol. The number of hydrogen-bond donors (Lipinski definition) is 1. The van der Waals surface area contributed by atoms with Crippen LogP contribution in [0.1, 0.15) is 40.7 Å². The minimum atomic E-state index is -5.91. The van der Waals surface area contributed by atoms with E-state index in [0.29, 0.717) is 19.4 Å². The third-order valence-electron chi connectivity index (χ3n) is 10.1. The van der Waals surface area contributed by atoms with Gasteiger partial charge in [-0.1, -0.05) is 36.4 Å². The number of quaternary nitrogens is 1. The molecule has 4 aromatic carbocycles. The van der Waals surface area contributed by atoms with E-state index in [1.54, 1.807) is 0 Å². The lowest BCUT2D eigenvalue weighted by molar-refractivity contribution is -0.174. The van der Waals surface area contributed by atoms with Crippen LogP contribution in [0.3, 0.4) is 0 Å². The zero-order valence-electron chi connectivity index (χ0n) is 25.8. The van der Waals surface area contributed by atoms with Crippen molar-refractivity contribution in [3.05, 3.63) is 118 Å². The third-order valence-corrected chi connectivity index (χ3v) is 10.1. The number of fused-ring (bicyclic) bond motifs is 3. The van der Waals surface area contributed by atoms with Gasteiger partial charge in [0.2, 0.25) is 0 Å². The smallest absolute Gasteiger partial charge is 0.417 e. The molecule has 3 aliphatic heterocycles. The summed E-state index contributed by atoms with van der Waals surface area (Å²) < 4.78 is 123. The second-order valence-electron chi connectivity index (χ2n) is 12.8. The average Bonchev–Trinajstić information content (AvgIpc) is 3.31. The Labute approximate surface area is 275 Å². The molecule has 4 unspecified atom stereocenters. The zero-order valence-corrected chi connectivity index (χ0v) is 25.8. The van der Waals surface area contributed by atoms with Gasteiger partial charge in [-0.2, -0.15) is 39.5 Å². The van der Waals surface area contributed by atoms with E-state index < -0.39 is 51.5 Å². The number of hydrogen-bond acceptors (Lipinski definition) is 3. The lowest BCUT2D eigenvalue weighted by Crippen LogP contribution is -2.61. The Balaban J connectivity index is 1.24. The SMILES string of the molecule is [O-][N+]1(c2ccc(-c3cc(C(F)(F)F)c(C(F)(F)F)c(C(F)(F)F)c3)cc2)CCC2C(N3c4ccccc4CCc4ccccc43)NCCC21. The van der Waals surface area contributed by atoms with Crippen LogP contribution in [0.5, 0.6) is 0 Å². The number of anilines is 2. The average molecular weight is 692 g/mol. The molecule has 1 N–H and O–H groups in total. The van der Waals surface area contributed by atoms with Gasteiger partial charge in [-0.3, -0.25) is 5.32 Å². The summed E-state index contributed by atoms with van der Waals surface area (Å²) >= 11 is 0. The Morgan fingerprint density at radius 2 is 1.18 bits per heavy atom. The van der Waals surface area contributed by atoms with Crippen molar-refractivity contribution < 1.29 is 39.5 Å². The number of para-hydroxylation sites is 2. The van der Waals surface area contributed by atoms with Crippen molar-refractivity contribution in [1.29, 1.82) is 0 Å². The molecule has 0 amide bonds. The van der Waals surface area contributed by atoms with E-state index in [0.717, 1.165) is 24.2 Å². The van der Waals surface area contributed by atoms with Gasteiger partial charge in [-0.05, 0) is 71.5 Å². The van der Waals surface area contributed by atoms with Crippen molar-refractivity contribution in [2.24, 2.45) is 5.92 Å².